The molecule has 0 radical (unpaired) electrons. The quantitative estimate of drug-likeness (QED) is 0.488. The number of hydrogen-bond acceptors (Lipinski definition) is 1. The summed E-state index contributed by atoms with van der Waals surface area (Å²) in [6, 6.07) is 0. The van der Waals surface area contributed by atoms with E-state index in [2.05, 4.69) is 0 Å². The van der Waals surface area contributed by atoms with Crippen molar-refractivity contribution in [1.82, 2.24) is 0 Å². The van der Waals surface area contributed by atoms with Crippen molar-refractivity contribution in [3.05, 3.63) is 0 Å². The van der Waals surface area contributed by atoms with Crippen LogP contribution in [0.1, 0.15) is 0 Å². The normalized spacial score (nSPS) is 6.17. The van der Waals surface area contributed by atoms with E-state index < -0.39 is 12.6 Å². The van der Waals surface area contributed by atoms with Crippen LogP contribution < -0.4 is 0 Å². The smallest absolute Gasteiger partial charge is 0.335 e. The van der Waals surface area contributed by atoms with Gasteiger partial charge in [0, 0.05) is 0 Å². The van der Waals surface area contributed by atoms with Gasteiger partial charge in [0.1, 0.15) is 0 Å². The van der Waals surface area contributed by atoms with Crippen LogP contribution in [0.2, 0.25) is 0 Å². The predicted molar refractivity (Wildman–Crippen MR) is 24.7 cm³/mol. The third-order valence-electron chi connectivity index (χ3n) is 0.114. The second kappa shape index (κ2) is 4.83. The second-order valence-corrected chi connectivity index (χ2v) is 0.527. The molecule has 1 unspecified atom stereocenters. The van der Waals surface area contributed by atoms with Gasteiger partial charge >= 0.3 is 5.97 Å². The van der Waals surface area contributed by atoms with Gasteiger partial charge in [-0.3, -0.25) is 0 Å². The van der Waals surface area contributed by atoms with Crippen LogP contribution in [0.5, 0.6) is 0 Å². The minimum absolute atomic E-state index is 0. The minimum Gasteiger partial charge on any atom is -0.479 e. The number of aliphatic carboxylic acids is 1. The molecule has 6 heavy (non-hydrogen) atoms. The van der Waals surface area contributed by atoms with E-state index in [-0.39, 0.29) is 9.90 Å². The van der Waals surface area contributed by atoms with E-state index in [1.54, 1.807) is 0 Å². The highest BCUT2D eigenvalue weighted by Gasteiger charge is 1.85. The molecule has 4 heteroatoms. The highest BCUT2D eigenvalue weighted by molar-refractivity contribution is 6.92. The van der Waals surface area contributed by atoms with Gasteiger partial charge in [-0.25, -0.2) is 9.18 Å². The van der Waals surface area contributed by atoms with Crippen molar-refractivity contribution in [2.75, 3.05) is 6.67 Å². The molecular weight excluding hydrogens is 106 g/mol. The number of halogens is 1. The first kappa shape index (κ1) is 9.27. The molecule has 0 aliphatic rings. The number of alkyl halides is 1. The first-order valence-electron chi connectivity index (χ1n) is 1.05. The standard InChI is InChI=1S/C2H3FO2.H3P/c3-1-2(4)5;/h1H2,(H,4,5);1H3. The zero-order chi connectivity index (χ0) is 4.28. The zero-order valence-electron chi connectivity index (χ0n) is 3.15. The number of rotatable bonds is 1. The first-order chi connectivity index (χ1) is 2.27. The van der Waals surface area contributed by atoms with Crippen molar-refractivity contribution < 1.29 is 14.3 Å². The van der Waals surface area contributed by atoms with Crippen LogP contribution in [0, 0.1) is 0 Å². The maximum absolute atomic E-state index is 10.5. The van der Waals surface area contributed by atoms with Gasteiger partial charge in [-0.05, 0) is 0 Å². The molecule has 0 spiro atoms. The Morgan fingerprint density at radius 1 is 1.83 bits per heavy atom. The lowest BCUT2D eigenvalue weighted by atomic mass is 10.8. The van der Waals surface area contributed by atoms with Gasteiger partial charge in [0.25, 0.3) is 0 Å². The molecule has 0 amide bonds. The molecule has 1 N–H and O–H groups in total. The highest BCUT2D eigenvalue weighted by Crippen LogP contribution is 1.60. The average Bonchev–Trinajstić information content (AvgIpc) is 1.38. The number of carboxylic acid groups (broad SMARTS) is 1. The van der Waals surface area contributed by atoms with Crippen molar-refractivity contribution in [3.8, 4) is 0 Å². The summed E-state index contributed by atoms with van der Waals surface area (Å²) in [5, 5.41) is 7.35. The first-order valence-corrected chi connectivity index (χ1v) is 1.05. The van der Waals surface area contributed by atoms with E-state index in [0.717, 1.165) is 0 Å². The molecule has 0 saturated heterocycles. The van der Waals surface area contributed by atoms with E-state index >= 15 is 0 Å². The Labute approximate surface area is 38.0 Å². The van der Waals surface area contributed by atoms with Crippen molar-refractivity contribution >= 4 is 15.9 Å². The van der Waals surface area contributed by atoms with Gasteiger partial charge in [-0.15, -0.1) is 0 Å². The fourth-order valence-electron chi connectivity index (χ4n) is 0. The third-order valence-corrected chi connectivity index (χ3v) is 0.114. The molecule has 0 heterocycles. The summed E-state index contributed by atoms with van der Waals surface area (Å²) in [5.74, 6) is -1.41. The van der Waals surface area contributed by atoms with Crippen LogP contribution in [-0.2, 0) is 4.79 Å². The van der Waals surface area contributed by atoms with Crippen molar-refractivity contribution in [3.63, 3.8) is 0 Å². The number of hydrogen-bond donors (Lipinski definition) is 1. The SMILES string of the molecule is O=C(O)CF.P. The molecule has 38 valence electrons. The second-order valence-electron chi connectivity index (χ2n) is 0.527. The molecule has 0 bridgehead atoms. The van der Waals surface area contributed by atoms with Gasteiger partial charge < -0.3 is 5.11 Å². The molecule has 2 nitrogen and oxygen atoms in total. The van der Waals surface area contributed by atoms with Crippen LogP contribution in [0.15, 0.2) is 0 Å². The van der Waals surface area contributed by atoms with Crippen LogP contribution in [0.4, 0.5) is 4.39 Å². The Balaban J connectivity index is 0. The van der Waals surface area contributed by atoms with E-state index in [1.165, 1.54) is 0 Å². The Kier molecular flexibility index (Phi) is 7.46. The predicted octanol–water partition coefficient (Wildman–Crippen LogP) is 0.0986. The molecule has 0 saturated carbocycles. The van der Waals surface area contributed by atoms with Crippen molar-refractivity contribution in [2.24, 2.45) is 0 Å². The van der Waals surface area contributed by atoms with Gasteiger partial charge in [0.2, 0.25) is 0 Å². The Bertz CT molecular complexity index is 46.8. The summed E-state index contributed by atoms with van der Waals surface area (Å²) in [6.45, 7) is -1.28. The van der Waals surface area contributed by atoms with Crippen LogP contribution >= 0.6 is 9.90 Å². The van der Waals surface area contributed by atoms with E-state index in [9.17, 15) is 4.39 Å². The number of carbonyl (C=O) groups is 1. The van der Waals surface area contributed by atoms with Crippen molar-refractivity contribution in [1.29, 1.82) is 0 Å². The molecule has 0 aliphatic carbocycles. The lowest BCUT2D eigenvalue weighted by molar-refractivity contribution is -0.137. The van der Waals surface area contributed by atoms with E-state index in [1.807, 2.05) is 0 Å². The summed E-state index contributed by atoms with van der Waals surface area (Å²) >= 11 is 0. The summed E-state index contributed by atoms with van der Waals surface area (Å²) < 4.78 is 10.5. The highest BCUT2D eigenvalue weighted by atomic mass is 31.0. The Hall–Kier alpha value is -0.170. The van der Waals surface area contributed by atoms with Gasteiger partial charge in [-0.2, -0.15) is 9.90 Å². The molecule has 0 aliphatic heterocycles. The lowest BCUT2D eigenvalue weighted by Gasteiger charge is -1.69. The van der Waals surface area contributed by atoms with Gasteiger partial charge in [0.15, 0.2) is 6.67 Å². The maximum Gasteiger partial charge on any atom is 0.335 e. The fourth-order valence-corrected chi connectivity index (χ4v) is 0. The molecule has 1 atom stereocenters. The Morgan fingerprint density at radius 3 is 2.00 bits per heavy atom. The number of carboxylic acids is 1. The molecule has 0 aromatic heterocycles. The topological polar surface area (TPSA) is 37.3 Å². The van der Waals surface area contributed by atoms with Crippen LogP contribution in [0.25, 0.3) is 0 Å². The monoisotopic (exact) mass is 112 g/mol. The van der Waals surface area contributed by atoms with Gasteiger partial charge in [0.05, 0.1) is 0 Å². The molecule has 0 aromatic carbocycles. The lowest BCUT2D eigenvalue weighted by Crippen LogP contribution is -1.93. The summed E-state index contributed by atoms with van der Waals surface area (Å²) in [4.78, 5) is 8.99. The summed E-state index contributed by atoms with van der Waals surface area (Å²) in [7, 11) is 0. The van der Waals surface area contributed by atoms with Crippen LogP contribution in [0.3, 0.4) is 0 Å². The van der Waals surface area contributed by atoms with Crippen LogP contribution in [-0.4, -0.2) is 17.8 Å². The average molecular weight is 112 g/mol. The molecule has 0 rings (SSSR count). The minimum atomic E-state index is -1.41. The summed E-state index contributed by atoms with van der Waals surface area (Å²) in [6.07, 6.45) is 0. The Morgan fingerprint density at radius 2 is 2.00 bits per heavy atom. The fraction of sp³-hybridized carbons (Fsp3) is 0.500. The molecular formula is C2H6FO2P. The summed E-state index contributed by atoms with van der Waals surface area (Å²) in [5.41, 5.74) is 0. The van der Waals surface area contributed by atoms with Gasteiger partial charge in [-0.1, -0.05) is 0 Å². The largest absolute Gasteiger partial charge is 0.479 e. The molecule has 0 fully saturated rings. The van der Waals surface area contributed by atoms with E-state index in [0.29, 0.717) is 0 Å². The zero-order valence-corrected chi connectivity index (χ0v) is 4.56. The van der Waals surface area contributed by atoms with E-state index in [4.69, 9.17) is 9.90 Å². The maximum atomic E-state index is 10.5. The third kappa shape index (κ3) is 9.16. The van der Waals surface area contributed by atoms with Crippen molar-refractivity contribution in [2.45, 2.75) is 0 Å². The molecule has 0 aromatic rings.